The van der Waals surface area contributed by atoms with Gasteiger partial charge in [0.2, 0.25) is 5.75 Å². The third-order valence-corrected chi connectivity index (χ3v) is 4.14. The van der Waals surface area contributed by atoms with Crippen LogP contribution in [0.2, 0.25) is 0 Å². The zero-order chi connectivity index (χ0) is 20.3. The van der Waals surface area contributed by atoms with Crippen LogP contribution in [0, 0.1) is 5.82 Å². The Morgan fingerprint density at radius 1 is 1.21 bits per heavy atom. The van der Waals surface area contributed by atoms with E-state index in [4.69, 9.17) is 4.74 Å². The lowest BCUT2D eigenvalue weighted by atomic mass is 10.1. The quantitative estimate of drug-likeness (QED) is 0.706. The molecule has 1 heterocycles. The molecule has 144 valence electrons. The van der Waals surface area contributed by atoms with Gasteiger partial charge in [-0.25, -0.2) is 9.37 Å². The minimum Gasteiger partial charge on any atom is -0.501 e. The molecule has 3 rings (SSSR count). The van der Waals surface area contributed by atoms with Gasteiger partial charge in [-0.15, -0.1) is 0 Å². The Morgan fingerprint density at radius 3 is 2.57 bits per heavy atom. The van der Waals surface area contributed by atoms with Crippen LogP contribution in [-0.4, -0.2) is 40.0 Å². The molecule has 0 atom stereocenters. The number of hydrogen-bond acceptors (Lipinski definition) is 5. The maximum atomic E-state index is 13.0. The fourth-order valence-corrected chi connectivity index (χ4v) is 2.70. The molecular weight excluding hydrogens is 365 g/mol. The second kappa shape index (κ2) is 7.91. The van der Waals surface area contributed by atoms with Crippen LogP contribution >= 0.6 is 0 Å². The van der Waals surface area contributed by atoms with E-state index in [2.05, 4.69) is 9.97 Å². The van der Waals surface area contributed by atoms with Crippen LogP contribution in [0.3, 0.4) is 0 Å². The number of aromatic hydroxyl groups is 1. The number of para-hydroxylation sites is 1. The number of H-pyrrole nitrogens is 1. The highest BCUT2D eigenvalue weighted by Crippen LogP contribution is 2.27. The average molecular weight is 383 g/mol. The number of aromatic amines is 1. The predicted octanol–water partition coefficient (Wildman–Crippen LogP) is 2.56. The van der Waals surface area contributed by atoms with Crippen molar-refractivity contribution >= 4 is 5.91 Å². The molecule has 0 bridgehead atoms. The standard InChI is InChI=1S/C20H18FN3O4/c1-24(11-12-7-9-13(21)10-8-12)20(27)16-17(25)19(26)23-18(22-16)14-5-3-4-6-15(14)28-2/h3-10,25H,11H2,1-2H3,(H,22,23,26). The summed E-state index contributed by atoms with van der Waals surface area (Å²) < 4.78 is 18.3. The molecule has 0 aliphatic heterocycles. The number of ether oxygens (including phenoxy) is 1. The van der Waals surface area contributed by atoms with Gasteiger partial charge in [0.05, 0.1) is 12.7 Å². The van der Waals surface area contributed by atoms with Crippen LogP contribution < -0.4 is 10.3 Å². The monoisotopic (exact) mass is 383 g/mol. The number of carbonyl (C=O) groups is 1. The summed E-state index contributed by atoms with van der Waals surface area (Å²) in [5.74, 6) is -1.25. The van der Waals surface area contributed by atoms with E-state index in [0.717, 1.165) is 0 Å². The fourth-order valence-electron chi connectivity index (χ4n) is 2.70. The Labute approximate surface area is 160 Å². The van der Waals surface area contributed by atoms with Crippen molar-refractivity contribution in [2.75, 3.05) is 14.2 Å². The Morgan fingerprint density at radius 2 is 1.89 bits per heavy atom. The number of halogens is 1. The molecule has 2 aromatic carbocycles. The summed E-state index contributed by atoms with van der Waals surface area (Å²) in [6.07, 6.45) is 0. The topological polar surface area (TPSA) is 95.5 Å². The van der Waals surface area contributed by atoms with Gasteiger partial charge in [0.1, 0.15) is 17.4 Å². The maximum absolute atomic E-state index is 13.0. The number of methoxy groups -OCH3 is 1. The molecule has 0 saturated carbocycles. The maximum Gasteiger partial charge on any atom is 0.294 e. The summed E-state index contributed by atoms with van der Waals surface area (Å²) >= 11 is 0. The Hall–Kier alpha value is -3.68. The molecule has 7 nitrogen and oxygen atoms in total. The molecule has 1 aromatic heterocycles. The van der Waals surface area contributed by atoms with Gasteiger partial charge in [0.15, 0.2) is 5.69 Å². The van der Waals surface area contributed by atoms with Gasteiger partial charge in [-0.2, -0.15) is 0 Å². The summed E-state index contributed by atoms with van der Waals surface area (Å²) in [7, 11) is 2.97. The molecule has 1 amide bonds. The number of nitrogens with zero attached hydrogens (tertiary/aromatic N) is 2. The first-order valence-electron chi connectivity index (χ1n) is 8.37. The molecule has 8 heteroatoms. The number of aromatic nitrogens is 2. The molecule has 0 radical (unpaired) electrons. The van der Waals surface area contributed by atoms with Crippen molar-refractivity contribution < 1.29 is 19.0 Å². The highest BCUT2D eigenvalue weighted by Gasteiger charge is 2.22. The van der Waals surface area contributed by atoms with Crippen molar-refractivity contribution in [3.8, 4) is 22.9 Å². The largest absolute Gasteiger partial charge is 0.501 e. The SMILES string of the molecule is COc1ccccc1-c1nc(C(=O)N(C)Cc2ccc(F)cc2)c(O)c(=O)[nH]1. The fraction of sp³-hybridized carbons (Fsp3) is 0.150. The molecule has 2 N–H and O–H groups in total. The van der Waals surface area contributed by atoms with E-state index in [1.54, 1.807) is 36.4 Å². The normalized spacial score (nSPS) is 10.5. The number of rotatable bonds is 5. The summed E-state index contributed by atoms with van der Waals surface area (Å²) in [5.41, 5.74) is -0.0624. The molecule has 28 heavy (non-hydrogen) atoms. The highest BCUT2D eigenvalue weighted by molar-refractivity contribution is 5.95. The summed E-state index contributed by atoms with van der Waals surface area (Å²) in [5, 5.41) is 10.1. The second-order valence-electron chi connectivity index (χ2n) is 6.10. The molecule has 0 fully saturated rings. The van der Waals surface area contributed by atoms with Crippen LogP contribution in [0.25, 0.3) is 11.4 Å². The average Bonchev–Trinajstić information content (AvgIpc) is 2.71. The summed E-state index contributed by atoms with van der Waals surface area (Å²) in [6, 6.07) is 12.5. The van der Waals surface area contributed by atoms with E-state index in [1.807, 2.05) is 0 Å². The first kappa shape index (κ1) is 19.1. The second-order valence-corrected chi connectivity index (χ2v) is 6.10. The molecule has 3 aromatic rings. The van der Waals surface area contributed by atoms with Gasteiger partial charge in [0, 0.05) is 13.6 Å². The van der Waals surface area contributed by atoms with E-state index < -0.39 is 17.2 Å². The molecule has 0 saturated heterocycles. The van der Waals surface area contributed by atoms with Gasteiger partial charge in [-0.1, -0.05) is 24.3 Å². The van der Waals surface area contributed by atoms with E-state index in [0.29, 0.717) is 16.9 Å². The van der Waals surface area contributed by atoms with Crippen molar-refractivity contribution in [1.82, 2.24) is 14.9 Å². The molecule has 0 unspecified atom stereocenters. The first-order chi connectivity index (χ1) is 13.4. The van der Waals surface area contributed by atoms with E-state index in [-0.39, 0.29) is 23.9 Å². The van der Waals surface area contributed by atoms with Gasteiger partial charge in [0.25, 0.3) is 11.5 Å². The number of benzene rings is 2. The lowest BCUT2D eigenvalue weighted by Crippen LogP contribution is -2.29. The lowest BCUT2D eigenvalue weighted by Gasteiger charge is -2.18. The number of hydrogen-bond donors (Lipinski definition) is 2. The van der Waals surface area contributed by atoms with Gasteiger partial charge < -0.3 is 19.7 Å². The van der Waals surface area contributed by atoms with E-state index in [1.165, 1.54) is 31.2 Å². The van der Waals surface area contributed by atoms with Crippen LogP contribution in [0.4, 0.5) is 4.39 Å². The summed E-state index contributed by atoms with van der Waals surface area (Å²) in [6.45, 7) is 0.150. The zero-order valence-corrected chi connectivity index (χ0v) is 15.3. The molecule has 0 aliphatic rings. The van der Waals surface area contributed by atoms with Gasteiger partial charge in [-0.05, 0) is 29.8 Å². The van der Waals surface area contributed by atoms with Crippen LogP contribution in [-0.2, 0) is 6.54 Å². The molecular formula is C20H18FN3O4. The minimum atomic E-state index is -0.838. The van der Waals surface area contributed by atoms with Crippen LogP contribution in [0.15, 0.2) is 53.3 Å². The number of amides is 1. The third kappa shape index (κ3) is 3.85. The first-order valence-corrected chi connectivity index (χ1v) is 8.37. The van der Waals surface area contributed by atoms with Crippen LogP contribution in [0.5, 0.6) is 11.5 Å². The Kier molecular flexibility index (Phi) is 5.39. The highest BCUT2D eigenvalue weighted by atomic mass is 19.1. The third-order valence-electron chi connectivity index (χ3n) is 4.14. The van der Waals surface area contributed by atoms with Crippen LogP contribution in [0.1, 0.15) is 16.1 Å². The zero-order valence-electron chi connectivity index (χ0n) is 15.3. The van der Waals surface area contributed by atoms with Crippen molar-refractivity contribution in [2.45, 2.75) is 6.54 Å². The van der Waals surface area contributed by atoms with Crippen molar-refractivity contribution in [2.24, 2.45) is 0 Å². The van der Waals surface area contributed by atoms with Crippen molar-refractivity contribution in [3.63, 3.8) is 0 Å². The number of carbonyl (C=O) groups excluding carboxylic acids is 1. The smallest absolute Gasteiger partial charge is 0.294 e. The van der Waals surface area contributed by atoms with Crippen molar-refractivity contribution in [3.05, 3.63) is 76.0 Å². The van der Waals surface area contributed by atoms with E-state index >= 15 is 0 Å². The minimum absolute atomic E-state index is 0.0961. The van der Waals surface area contributed by atoms with Crippen molar-refractivity contribution in [1.29, 1.82) is 0 Å². The lowest BCUT2D eigenvalue weighted by molar-refractivity contribution is 0.0775. The Bertz CT molecular complexity index is 1060. The van der Waals surface area contributed by atoms with Gasteiger partial charge >= 0.3 is 0 Å². The van der Waals surface area contributed by atoms with E-state index in [9.17, 15) is 19.1 Å². The predicted molar refractivity (Wildman–Crippen MR) is 101 cm³/mol. The molecule has 0 spiro atoms. The Balaban J connectivity index is 1.96. The number of nitrogens with one attached hydrogen (secondary N) is 1. The molecule has 0 aliphatic carbocycles. The summed E-state index contributed by atoms with van der Waals surface area (Å²) in [4.78, 5) is 32.8. The van der Waals surface area contributed by atoms with Gasteiger partial charge in [-0.3, -0.25) is 9.59 Å².